The number of fused-ring (bicyclic) bond motifs is 1. The van der Waals surface area contributed by atoms with E-state index in [-0.39, 0.29) is 24.5 Å². The first kappa shape index (κ1) is 31.1. The van der Waals surface area contributed by atoms with Gasteiger partial charge in [0.2, 0.25) is 0 Å². The van der Waals surface area contributed by atoms with E-state index in [1.54, 1.807) is 42.7 Å². The third kappa shape index (κ3) is 6.44. The summed E-state index contributed by atoms with van der Waals surface area (Å²) < 4.78 is 14.0. The summed E-state index contributed by atoms with van der Waals surface area (Å²) in [6.07, 6.45) is 1.79. The summed E-state index contributed by atoms with van der Waals surface area (Å²) in [5.41, 5.74) is 4.15. The maximum absolute atomic E-state index is 13.9. The molecule has 0 aliphatic carbocycles. The van der Waals surface area contributed by atoms with E-state index in [0.29, 0.717) is 36.7 Å². The number of hydrogen-bond donors (Lipinski definition) is 0. The lowest BCUT2D eigenvalue weighted by molar-refractivity contribution is -0.384. The number of nitrogens with zero attached hydrogens (tertiary/aromatic N) is 3. The van der Waals surface area contributed by atoms with Gasteiger partial charge in [-0.05, 0) is 88.3 Å². The molecule has 0 radical (unpaired) electrons. The largest absolute Gasteiger partial charge is 0.488 e. The summed E-state index contributed by atoms with van der Waals surface area (Å²) in [6, 6.07) is 19.0. The highest BCUT2D eigenvalue weighted by Gasteiger charge is 2.33. The fourth-order valence-electron chi connectivity index (χ4n) is 4.92. The Hall–Kier alpha value is -4.35. The minimum atomic E-state index is -0.671. The molecule has 0 spiro atoms. The van der Waals surface area contributed by atoms with Crippen molar-refractivity contribution < 1.29 is 19.2 Å². The van der Waals surface area contributed by atoms with Crippen LogP contribution in [0.4, 0.5) is 5.69 Å². The van der Waals surface area contributed by atoms with Gasteiger partial charge in [-0.3, -0.25) is 19.5 Å². The number of esters is 1. The van der Waals surface area contributed by atoms with E-state index in [1.165, 1.54) is 23.5 Å². The van der Waals surface area contributed by atoms with E-state index in [0.717, 1.165) is 22.3 Å². The quantitative estimate of drug-likeness (QED) is 0.119. The Balaban J connectivity index is 1.48. The number of allylic oxidation sites excluding steroid dienone is 1. The van der Waals surface area contributed by atoms with E-state index in [2.05, 4.69) is 34.8 Å². The van der Waals surface area contributed by atoms with E-state index < -0.39 is 16.9 Å². The van der Waals surface area contributed by atoms with Crippen LogP contribution in [0.15, 0.2) is 92.3 Å². The van der Waals surface area contributed by atoms with Crippen LogP contribution in [0, 0.1) is 10.1 Å². The SMILES string of the molecule is CCOC(=O)C1=C(C)N=c2s/c(=C\c3ccc(OCc4ccc([N+](=O)[O-])cc4)c(Br)c3)c(=O)n2[C@H]1c1ccc(C(C)C)cc1. The highest BCUT2D eigenvalue weighted by atomic mass is 79.9. The molecular formula is C33H30BrN3O6S. The fourth-order valence-corrected chi connectivity index (χ4v) is 6.48. The molecule has 1 aromatic heterocycles. The molecule has 9 nitrogen and oxygen atoms in total. The molecule has 44 heavy (non-hydrogen) atoms. The number of halogens is 1. The predicted molar refractivity (Wildman–Crippen MR) is 173 cm³/mol. The van der Waals surface area contributed by atoms with Gasteiger partial charge >= 0.3 is 5.97 Å². The lowest BCUT2D eigenvalue weighted by Crippen LogP contribution is -2.39. The van der Waals surface area contributed by atoms with Crippen molar-refractivity contribution in [3.63, 3.8) is 0 Å². The van der Waals surface area contributed by atoms with Crippen LogP contribution in [0.25, 0.3) is 6.08 Å². The minimum absolute atomic E-state index is 0.0206. The van der Waals surface area contributed by atoms with Crippen molar-refractivity contribution in [2.45, 2.75) is 46.3 Å². The maximum atomic E-state index is 13.9. The van der Waals surface area contributed by atoms with Crippen molar-refractivity contribution >= 4 is 45.0 Å². The van der Waals surface area contributed by atoms with Crippen LogP contribution in [-0.4, -0.2) is 22.1 Å². The van der Waals surface area contributed by atoms with E-state index in [1.807, 2.05) is 36.4 Å². The van der Waals surface area contributed by atoms with Gasteiger partial charge in [0.25, 0.3) is 11.2 Å². The highest BCUT2D eigenvalue weighted by molar-refractivity contribution is 9.10. The first-order chi connectivity index (χ1) is 21.1. The van der Waals surface area contributed by atoms with Gasteiger partial charge in [-0.2, -0.15) is 0 Å². The molecule has 2 heterocycles. The molecule has 5 rings (SSSR count). The molecule has 0 unspecified atom stereocenters. The van der Waals surface area contributed by atoms with Gasteiger partial charge in [-0.1, -0.05) is 55.5 Å². The van der Waals surface area contributed by atoms with Crippen LogP contribution in [-0.2, 0) is 16.1 Å². The average molecular weight is 677 g/mol. The molecule has 4 aromatic rings. The normalized spacial score (nSPS) is 14.8. The Morgan fingerprint density at radius 1 is 1.14 bits per heavy atom. The smallest absolute Gasteiger partial charge is 0.338 e. The molecule has 1 atom stereocenters. The molecule has 0 amide bonds. The number of carbonyl (C=O) groups excluding carboxylic acids is 1. The average Bonchev–Trinajstić information content (AvgIpc) is 3.30. The number of benzene rings is 3. The van der Waals surface area contributed by atoms with Crippen LogP contribution < -0.4 is 19.6 Å². The second kappa shape index (κ2) is 13.1. The molecule has 0 saturated carbocycles. The van der Waals surface area contributed by atoms with Crippen molar-refractivity contribution in [3.05, 3.63) is 135 Å². The molecular weight excluding hydrogens is 646 g/mol. The first-order valence-electron chi connectivity index (χ1n) is 14.0. The van der Waals surface area contributed by atoms with Crippen molar-refractivity contribution in [1.82, 2.24) is 4.57 Å². The van der Waals surface area contributed by atoms with Crippen LogP contribution >= 0.6 is 27.3 Å². The van der Waals surface area contributed by atoms with Gasteiger partial charge in [0.15, 0.2) is 4.80 Å². The number of ether oxygens (including phenoxy) is 2. The molecule has 0 saturated heterocycles. The standard InChI is InChI=1S/C33H30BrN3O6S/c1-5-42-32(39)29-20(4)35-33-36(30(29)24-11-9-23(10-12-24)19(2)3)31(38)28(44-33)17-22-8-15-27(26(34)16-22)43-18-21-6-13-25(14-7-21)37(40)41/h6-17,19,30H,5,18H2,1-4H3/b28-17-/t30-/m0/s1. The Morgan fingerprint density at radius 2 is 1.84 bits per heavy atom. The van der Waals surface area contributed by atoms with Gasteiger partial charge in [0.1, 0.15) is 12.4 Å². The van der Waals surface area contributed by atoms with Crippen molar-refractivity contribution in [2.75, 3.05) is 6.61 Å². The molecule has 0 bridgehead atoms. The Morgan fingerprint density at radius 3 is 2.45 bits per heavy atom. The number of rotatable bonds is 9. The number of non-ortho nitro benzene ring substituents is 1. The summed E-state index contributed by atoms with van der Waals surface area (Å²) in [5, 5.41) is 10.9. The molecule has 1 aliphatic heterocycles. The molecule has 0 N–H and O–H groups in total. The Kier molecular flexibility index (Phi) is 9.26. The van der Waals surface area contributed by atoms with E-state index >= 15 is 0 Å². The number of nitro benzene ring substituents is 1. The Bertz CT molecular complexity index is 1940. The number of thiazole rings is 1. The van der Waals surface area contributed by atoms with Crippen LogP contribution in [0.1, 0.15) is 61.9 Å². The van der Waals surface area contributed by atoms with Crippen molar-refractivity contribution in [1.29, 1.82) is 0 Å². The molecule has 1 aliphatic rings. The zero-order chi connectivity index (χ0) is 31.5. The second-order valence-corrected chi connectivity index (χ2v) is 12.4. The molecule has 226 valence electrons. The summed E-state index contributed by atoms with van der Waals surface area (Å²) >= 11 is 4.81. The van der Waals surface area contributed by atoms with Crippen LogP contribution in [0.2, 0.25) is 0 Å². The van der Waals surface area contributed by atoms with Crippen molar-refractivity contribution in [3.8, 4) is 5.75 Å². The van der Waals surface area contributed by atoms with Gasteiger partial charge < -0.3 is 9.47 Å². The maximum Gasteiger partial charge on any atom is 0.338 e. The lowest BCUT2D eigenvalue weighted by atomic mass is 9.93. The molecule has 11 heteroatoms. The minimum Gasteiger partial charge on any atom is -0.488 e. The number of hydrogen-bond acceptors (Lipinski definition) is 8. The lowest BCUT2D eigenvalue weighted by Gasteiger charge is -2.25. The first-order valence-corrected chi connectivity index (χ1v) is 15.6. The summed E-state index contributed by atoms with van der Waals surface area (Å²) in [4.78, 5) is 42.7. The summed E-state index contributed by atoms with van der Waals surface area (Å²) in [7, 11) is 0. The zero-order valence-electron chi connectivity index (χ0n) is 24.6. The number of aromatic nitrogens is 1. The second-order valence-electron chi connectivity index (χ2n) is 10.5. The Labute approximate surface area is 266 Å². The summed E-state index contributed by atoms with van der Waals surface area (Å²) in [6.45, 7) is 8.19. The van der Waals surface area contributed by atoms with Gasteiger partial charge in [0.05, 0.1) is 37.8 Å². The third-order valence-corrected chi connectivity index (χ3v) is 8.83. The van der Waals surface area contributed by atoms with Gasteiger partial charge in [-0.25, -0.2) is 9.79 Å². The number of nitro groups is 1. The highest BCUT2D eigenvalue weighted by Crippen LogP contribution is 2.32. The molecule has 3 aromatic carbocycles. The predicted octanol–water partition coefficient (Wildman–Crippen LogP) is 6.17. The van der Waals surface area contributed by atoms with Crippen LogP contribution in [0.3, 0.4) is 0 Å². The van der Waals surface area contributed by atoms with Crippen LogP contribution in [0.5, 0.6) is 5.75 Å². The molecule has 0 fully saturated rings. The topological polar surface area (TPSA) is 113 Å². The van der Waals surface area contributed by atoms with Crippen molar-refractivity contribution in [2.24, 2.45) is 4.99 Å². The zero-order valence-corrected chi connectivity index (χ0v) is 27.0. The van der Waals surface area contributed by atoms with E-state index in [4.69, 9.17) is 9.47 Å². The fraction of sp³-hybridized carbons (Fsp3) is 0.242. The van der Waals surface area contributed by atoms with E-state index in [9.17, 15) is 19.7 Å². The third-order valence-electron chi connectivity index (χ3n) is 7.23. The number of carbonyl (C=O) groups is 1. The monoisotopic (exact) mass is 675 g/mol. The summed E-state index contributed by atoms with van der Waals surface area (Å²) in [5.74, 6) is 0.432. The van der Waals surface area contributed by atoms with Gasteiger partial charge in [-0.15, -0.1) is 0 Å². The van der Waals surface area contributed by atoms with Gasteiger partial charge in [0, 0.05) is 12.1 Å².